The zero-order chi connectivity index (χ0) is 15.6. The number of nitrogens with one attached hydrogen (secondary N) is 1. The van der Waals surface area contributed by atoms with Gasteiger partial charge in [-0.15, -0.1) is 0 Å². The molecular weight excluding hydrogens is 294 g/mol. The van der Waals surface area contributed by atoms with Gasteiger partial charge in [-0.05, 0) is 19.4 Å². The molecule has 0 aliphatic rings. The monoisotopic (exact) mass is 309 g/mol. The molecule has 2 rings (SSSR count). The molecule has 6 nitrogen and oxygen atoms in total. The van der Waals surface area contributed by atoms with E-state index >= 15 is 0 Å². The molecule has 0 saturated carbocycles. The van der Waals surface area contributed by atoms with Gasteiger partial charge in [-0.2, -0.15) is 0 Å². The van der Waals surface area contributed by atoms with Gasteiger partial charge in [-0.25, -0.2) is 17.9 Å². The number of benzene rings is 1. The fraction of sp³-hybridized carbons (Fsp3) is 0.214. The third-order valence-corrected chi connectivity index (χ3v) is 4.55. The maximum atomic E-state index is 12.3. The SMILES string of the molecule is Cc1oc(C)c(S(=O)(=O)NCc2ccccc2)c1C(=O)O. The summed E-state index contributed by atoms with van der Waals surface area (Å²) >= 11 is 0. The molecule has 0 saturated heterocycles. The number of sulfonamides is 1. The van der Waals surface area contributed by atoms with Crippen LogP contribution in [0.4, 0.5) is 0 Å². The first kappa shape index (κ1) is 15.3. The van der Waals surface area contributed by atoms with Crippen LogP contribution in [0, 0.1) is 13.8 Å². The molecule has 0 bridgehead atoms. The minimum Gasteiger partial charge on any atom is -0.478 e. The first-order valence-corrected chi connectivity index (χ1v) is 7.68. The van der Waals surface area contributed by atoms with Crippen molar-refractivity contribution in [2.45, 2.75) is 25.3 Å². The second-order valence-corrected chi connectivity index (χ2v) is 6.24. The van der Waals surface area contributed by atoms with Crippen LogP contribution in [0.15, 0.2) is 39.6 Å². The van der Waals surface area contributed by atoms with Gasteiger partial charge in [0.1, 0.15) is 22.0 Å². The lowest BCUT2D eigenvalue weighted by atomic mass is 10.2. The van der Waals surface area contributed by atoms with Crippen LogP contribution in [0.25, 0.3) is 0 Å². The molecule has 21 heavy (non-hydrogen) atoms. The van der Waals surface area contributed by atoms with Crippen molar-refractivity contribution >= 4 is 16.0 Å². The highest BCUT2D eigenvalue weighted by molar-refractivity contribution is 7.89. The summed E-state index contributed by atoms with van der Waals surface area (Å²) in [6.07, 6.45) is 0. The third kappa shape index (κ3) is 3.14. The number of hydrogen-bond acceptors (Lipinski definition) is 4. The van der Waals surface area contributed by atoms with Gasteiger partial charge < -0.3 is 9.52 Å². The minimum atomic E-state index is -3.97. The molecule has 2 N–H and O–H groups in total. The average molecular weight is 309 g/mol. The van der Waals surface area contributed by atoms with E-state index in [2.05, 4.69) is 4.72 Å². The van der Waals surface area contributed by atoms with Crippen molar-refractivity contribution in [3.05, 3.63) is 53.0 Å². The van der Waals surface area contributed by atoms with Crippen LogP contribution in [-0.2, 0) is 16.6 Å². The Morgan fingerprint density at radius 1 is 1.19 bits per heavy atom. The lowest BCUT2D eigenvalue weighted by Gasteiger charge is -2.07. The number of carboxylic acid groups (broad SMARTS) is 1. The number of aryl methyl sites for hydroxylation is 2. The largest absolute Gasteiger partial charge is 0.478 e. The van der Waals surface area contributed by atoms with Gasteiger partial charge >= 0.3 is 5.97 Å². The Kier molecular flexibility index (Phi) is 4.15. The highest BCUT2D eigenvalue weighted by Gasteiger charge is 2.30. The number of hydrogen-bond donors (Lipinski definition) is 2. The number of carbonyl (C=O) groups is 1. The van der Waals surface area contributed by atoms with Crippen molar-refractivity contribution < 1.29 is 22.7 Å². The quantitative estimate of drug-likeness (QED) is 0.881. The maximum absolute atomic E-state index is 12.3. The van der Waals surface area contributed by atoms with Crippen LogP contribution >= 0.6 is 0 Å². The molecule has 0 radical (unpaired) electrons. The normalized spacial score (nSPS) is 11.5. The van der Waals surface area contributed by atoms with Gasteiger partial charge in [-0.3, -0.25) is 0 Å². The van der Waals surface area contributed by atoms with Gasteiger partial charge in [0.05, 0.1) is 0 Å². The second kappa shape index (κ2) is 5.71. The van der Waals surface area contributed by atoms with Crippen LogP contribution in [0.1, 0.15) is 27.4 Å². The standard InChI is InChI=1S/C14H15NO5S/c1-9-12(14(16)17)13(10(2)20-9)21(18,19)15-8-11-6-4-3-5-7-11/h3-7,15H,8H2,1-2H3,(H,16,17). The molecule has 0 fully saturated rings. The van der Waals surface area contributed by atoms with E-state index in [9.17, 15) is 13.2 Å². The van der Waals surface area contributed by atoms with E-state index < -0.39 is 16.0 Å². The number of carboxylic acids is 1. The summed E-state index contributed by atoms with van der Waals surface area (Å²) in [6, 6.07) is 8.95. The van der Waals surface area contributed by atoms with Crippen LogP contribution in [0.2, 0.25) is 0 Å². The fourth-order valence-corrected chi connectivity index (χ4v) is 3.50. The topological polar surface area (TPSA) is 96.6 Å². The van der Waals surface area contributed by atoms with Gasteiger partial charge in [0, 0.05) is 6.54 Å². The zero-order valence-electron chi connectivity index (χ0n) is 11.6. The van der Waals surface area contributed by atoms with E-state index in [4.69, 9.17) is 9.52 Å². The average Bonchev–Trinajstić information content (AvgIpc) is 2.73. The van der Waals surface area contributed by atoms with E-state index in [-0.39, 0.29) is 28.5 Å². The smallest absolute Gasteiger partial charge is 0.340 e. The lowest BCUT2D eigenvalue weighted by molar-refractivity contribution is 0.0691. The Morgan fingerprint density at radius 2 is 1.81 bits per heavy atom. The Hall–Kier alpha value is -2.12. The summed E-state index contributed by atoms with van der Waals surface area (Å²) < 4.78 is 32.2. The Morgan fingerprint density at radius 3 is 2.38 bits per heavy atom. The Bertz CT molecular complexity index is 762. The molecule has 1 aromatic heterocycles. The summed E-state index contributed by atoms with van der Waals surface area (Å²) in [5.41, 5.74) is 0.448. The van der Waals surface area contributed by atoms with Crippen LogP contribution in [0.3, 0.4) is 0 Å². The van der Waals surface area contributed by atoms with E-state index in [1.807, 2.05) is 6.07 Å². The zero-order valence-corrected chi connectivity index (χ0v) is 12.4. The van der Waals surface area contributed by atoms with Crippen molar-refractivity contribution in [1.82, 2.24) is 4.72 Å². The van der Waals surface area contributed by atoms with Gasteiger partial charge in [0.25, 0.3) is 0 Å². The van der Waals surface area contributed by atoms with Crippen LogP contribution < -0.4 is 4.72 Å². The highest BCUT2D eigenvalue weighted by atomic mass is 32.2. The summed E-state index contributed by atoms with van der Waals surface area (Å²) in [5, 5.41) is 9.16. The molecule has 7 heteroatoms. The van der Waals surface area contributed by atoms with Crippen LogP contribution in [-0.4, -0.2) is 19.5 Å². The number of rotatable bonds is 5. The predicted molar refractivity (Wildman–Crippen MR) is 75.6 cm³/mol. The molecule has 0 aliphatic carbocycles. The van der Waals surface area contributed by atoms with Crippen LogP contribution in [0.5, 0.6) is 0 Å². The van der Waals surface area contributed by atoms with E-state index in [1.165, 1.54) is 13.8 Å². The summed E-state index contributed by atoms with van der Waals surface area (Å²) in [7, 11) is -3.97. The van der Waals surface area contributed by atoms with Crippen molar-refractivity contribution in [3.8, 4) is 0 Å². The molecular formula is C14H15NO5S. The number of aromatic carboxylic acids is 1. The third-order valence-electron chi connectivity index (χ3n) is 3.00. The first-order valence-electron chi connectivity index (χ1n) is 6.20. The maximum Gasteiger partial charge on any atom is 0.340 e. The summed E-state index contributed by atoms with van der Waals surface area (Å²) in [4.78, 5) is 10.9. The first-order chi connectivity index (χ1) is 9.83. The van der Waals surface area contributed by atoms with Gasteiger partial charge in [-0.1, -0.05) is 30.3 Å². The molecule has 0 spiro atoms. The summed E-state index contributed by atoms with van der Waals surface area (Å²) in [6.45, 7) is 2.93. The van der Waals surface area contributed by atoms with Gasteiger partial charge in [0.2, 0.25) is 10.0 Å². The number of furan rings is 1. The van der Waals surface area contributed by atoms with Crippen molar-refractivity contribution in [2.75, 3.05) is 0 Å². The minimum absolute atomic E-state index is 0.0606. The van der Waals surface area contributed by atoms with E-state index in [0.29, 0.717) is 0 Å². The fourth-order valence-electron chi connectivity index (χ4n) is 2.08. The Balaban J connectivity index is 2.34. The predicted octanol–water partition coefficient (Wildman–Crippen LogP) is 2.07. The Labute approximate surface area is 122 Å². The lowest BCUT2D eigenvalue weighted by Crippen LogP contribution is -2.25. The molecule has 0 atom stereocenters. The van der Waals surface area contributed by atoms with E-state index in [0.717, 1.165) is 5.56 Å². The van der Waals surface area contributed by atoms with Crippen molar-refractivity contribution in [3.63, 3.8) is 0 Å². The summed E-state index contributed by atoms with van der Waals surface area (Å²) in [5.74, 6) is -1.20. The van der Waals surface area contributed by atoms with E-state index in [1.54, 1.807) is 24.3 Å². The molecule has 1 heterocycles. The van der Waals surface area contributed by atoms with Crippen molar-refractivity contribution in [1.29, 1.82) is 0 Å². The molecule has 1 aromatic carbocycles. The second-order valence-electron chi connectivity index (χ2n) is 4.53. The molecule has 112 valence electrons. The molecule has 0 unspecified atom stereocenters. The highest BCUT2D eigenvalue weighted by Crippen LogP contribution is 2.26. The van der Waals surface area contributed by atoms with Crippen molar-refractivity contribution in [2.24, 2.45) is 0 Å². The molecule has 0 aliphatic heterocycles. The molecule has 2 aromatic rings. The van der Waals surface area contributed by atoms with Gasteiger partial charge in [0.15, 0.2) is 0 Å². The molecule has 0 amide bonds.